The number of imide groups is 1. The molecule has 1 aromatic carbocycles. The molecule has 3 aliphatic heterocycles. The summed E-state index contributed by atoms with van der Waals surface area (Å²) in [7, 11) is 0. The molecule has 160 valence electrons. The van der Waals surface area contributed by atoms with Crippen LogP contribution in [0.5, 0.6) is 0 Å². The van der Waals surface area contributed by atoms with E-state index in [9.17, 15) is 14.4 Å². The Labute approximate surface area is 177 Å². The summed E-state index contributed by atoms with van der Waals surface area (Å²) in [6, 6.07) is 6.02. The number of carbonyl (C=O) groups is 3. The Balaban J connectivity index is 1.24. The Bertz CT molecular complexity index is 868. The van der Waals surface area contributed by atoms with Crippen LogP contribution in [0.15, 0.2) is 18.2 Å². The van der Waals surface area contributed by atoms with Crippen molar-refractivity contribution in [1.82, 2.24) is 20.9 Å². The molecule has 3 heterocycles. The number of carbonyl (C=O) groups excluding carboxylic acids is 3. The topological polar surface area (TPSA) is 90.5 Å². The normalized spacial score (nSPS) is 31.3. The van der Waals surface area contributed by atoms with Crippen molar-refractivity contribution in [3.8, 4) is 0 Å². The molecule has 4 atom stereocenters. The van der Waals surface area contributed by atoms with Gasteiger partial charge in [0.25, 0.3) is 5.91 Å². The number of amides is 3. The zero-order chi connectivity index (χ0) is 20.7. The fourth-order valence-corrected chi connectivity index (χ4v) is 5.82. The maximum absolute atomic E-state index is 12.8. The minimum Gasteiger partial charge on any atom is -0.322 e. The Morgan fingerprint density at radius 3 is 2.87 bits per heavy atom. The first kappa shape index (κ1) is 19.7. The molecule has 1 saturated carbocycles. The lowest BCUT2D eigenvalue weighted by molar-refractivity contribution is -0.136. The standard InChI is InChI=1S/C23H30N4O3/c28-21-7-6-20(22(29)26-21)27-13-16-10-14(4-5-17(16)23(27)30)11-25-19-3-1-2-15-8-9-24-12-18(15)19/h4-5,10,15,18-20,24-25H,1-3,6-9,11-13H2,(H,26,28,29). The van der Waals surface area contributed by atoms with Crippen molar-refractivity contribution in [2.24, 2.45) is 11.8 Å². The van der Waals surface area contributed by atoms with Crippen molar-refractivity contribution < 1.29 is 14.4 Å². The average Bonchev–Trinajstić information content (AvgIpc) is 3.08. The molecular formula is C23H30N4O3. The molecule has 4 aliphatic rings. The lowest BCUT2D eigenvalue weighted by Gasteiger charge is -2.42. The number of rotatable bonds is 4. The van der Waals surface area contributed by atoms with Gasteiger partial charge in [-0.3, -0.25) is 19.7 Å². The highest BCUT2D eigenvalue weighted by atomic mass is 16.2. The third-order valence-corrected chi connectivity index (χ3v) is 7.44. The molecule has 3 N–H and O–H groups in total. The fourth-order valence-electron chi connectivity index (χ4n) is 5.82. The first-order chi connectivity index (χ1) is 14.6. The minimum absolute atomic E-state index is 0.109. The van der Waals surface area contributed by atoms with Crippen LogP contribution in [0, 0.1) is 11.8 Å². The van der Waals surface area contributed by atoms with Gasteiger partial charge in [-0.15, -0.1) is 0 Å². The third kappa shape index (κ3) is 3.65. The van der Waals surface area contributed by atoms with Gasteiger partial charge in [0, 0.05) is 31.1 Å². The van der Waals surface area contributed by atoms with E-state index in [-0.39, 0.29) is 24.1 Å². The van der Waals surface area contributed by atoms with Crippen molar-refractivity contribution in [3.63, 3.8) is 0 Å². The van der Waals surface area contributed by atoms with Gasteiger partial charge in [0.2, 0.25) is 11.8 Å². The number of hydrogen-bond acceptors (Lipinski definition) is 5. The molecule has 3 amide bonds. The molecule has 2 saturated heterocycles. The molecule has 30 heavy (non-hydrogen) atoms. The highest BCUT2D eigenvalue weighted by Crippen LogP contribution is 2.34. The fraction of sp³-hybridized carbons (Fsp3) is 0.609. The summed E-state index contributed by atoms with van der Waals surface area (Å²) in [5, 5.41) is 9.70. The summed E-state index contributed by atoms with van der Waals surface area (Å²) in [6.45, 7) is 3.50. The van der Waals surface area contributed by atoms with Crippen LogP contribution in [-0.2, 0) is 22.7 Å². The van der Waals surface area contributed by atoms with Gasteiger partial charge in [0.15, 0.2) is 0 Å². The van der Waals surface area contributed by atoms with E-state index in [0.29, 0.717) is 30.5 Å². The lowest BCUT2D eigenvalue weighted by atomic mass is 9.72. The minimum atomic E-state index is -0.554. The van der Waals surface area contributed by atoms with Crippen molar-refractivity contribution >= 4 is 17.7 Å². The molecule has 0 radical (unpaired) electrons. The number of piperidine rings is 2. The van der Waals surface area contributed by atoms with Crippen LogP contribution < -0.4 is 16.0 Å². The van der Waals surface area contributed by atoms with Crippen LogP contribution >= 0.6 is 0 Å². The molecule has 0 bridgehead atoms. The number of nitrogens with zero attached hydrogens (tertiary/aromatic N) is 1. The summed E-state index contributed by atoms with van der Waals surface area (Å²) in [4.78, 5) is 38.1. The second-order valence-electron chi connectivity index (χ2n) is 9.23. The van der Waals surface area contributed by atoms with E-state index in [1.54, 1.807) is 4.90 Å². The predicted octanol–water partition coefficient (Wildman–Crippen LogP) is 1.32. The van der Waals surface area contributed by atoms with Gasteiger partial charge in [-0.1, -0.05) is 18.6 Å². The third-order valence-electron chi connectivity index (χ3n) is 7.44. The second-order valence-corrected chi connectivity index (χ2v) is 9.23. The molecular weight excluding hydrogens is 380 g/mol. The van der Waals surface area contributed by atoms with Gasteiger partial charge in [-0.05, 0) is 67.8 Å². The van der Waals surface area contributed by atoms with Crippen LogP contribution in [0.25, 0.3) is 0 Å². The van der Waals surface area contributed by atoms with E-state index in [0.717, 1.165) is 31.1 Å². The van der Waals surface area contributed by atoms with E-state index in [4.69, 9.17) is 0 Å². The van der Waals surface area contributed by atoms with Gasteiger partial charge in [-0.2, -0.15) is 0 Å². The van der Waals surface area contributed by atoms with E-state index >= 15 is 0 Å². The molecule has 0 spiro atoms. The molecule has 4 unspecified atom stereocenters. The molecule has 0 aromatic heterocycles. The van der Waals surface area contributed by atoms with Crippen LogP contribution in [0.2, 0.25) is 0 Å². The smallest absolute Gasteiger partial charge is 0.255 e. The Kier molecular flexibility index (Phi) is 5.33. The Morgan fingerprint density at radius 2 is 2.00 bits per heavy atom. The predicted molar refractivity (Wildman–Crippen MR) is 111 cm³/mol. The summed E-state index contributed by atoms with van der Waals surface area (Å²) >= 11 is 0. The largest absolute Gasteiger partial charge is 0.322 e. The van der Waals surface area contributed by atoms with Gasteiger partial charge < -0.3 is 15.5 Å². The number of hydrogen-bond donors (Lipinski definition) is 3. The summed E-state index contributed by atoms with van der Waals surface area (Å²) in [6.07, 6.45) is 5.87. The van der Waals surface area contributed by atoms with Gasteiger partial charge >= 0.3 is 0 Å². The van der Waals surface area contributed by atoms with E-state index in [1.165, 1.54) is 31.2 Å². The molecule has 3 fully saturated rings. The Hall–Kier alpha value is -2.25. The number of nitrogens with one attached hydrogen (secondary N) is 3. The Morgan fingerprint density at radius 1 is 1.10 bits per heavy atom. The number of fused-ring (bicyclic) bond motifs is 2. The van der Waals surface area contributed by atoms with Gasteiger partial charge in [-0.25, -0.2) is 0 Å². The van der Waals surface area contributed by atoms with Crippen LogP contribution in [0.4, 0.5) is 0 Å². The SMILES string of the molecule is O=C1CCC(N2Cc3cc(CNC4CCCC5CCNCC54)ccc3C2=O)C(=O)N1. The van der Waals surface area contributed by atoms with Gasteiger partial charge in [0.1, 0.15) is 6.04 Å². The quantitative estimate of drug-likeness (QED) is 0.652. The zero-order valence-electron chi connectivity index (χ0n) is 17.3. The van der Waals surface area contributed by atoms with Gasteiger partial charge in [0.05, 0.1) is 0 Å². The monoisotopic (exact) mass is 410 g/mol. The maximum atomic E-state index is 12.8. The number of benzene rings is 1. The van der Waals surface area contributed by atoms with E-state index < -0.39 is 6.04 Å². The zero-order valence-corrected chi connectivity index (χ0v) is 17.3. The highest BCUT2D eigenvalue weighted by molar-refractivity contribution is 6.05. The highest BCUT2D eigenvalue weighted by Gasteiger charge is 2.39. The van der Waals surface area contributed by atoms with Crippen LogP contribution in [0.3, 0.4) is 0 Å². The molecule has 1 aliphatic carbocycles. The van der Waals surface area contributed by atoms with Crippen molar-refractivity contribution in [1.29, 1.82) is 0 Å². The first-order valence-electron chi connectivity index (χ1n) is 11.3. The van der Waals surface area contributed by atoms with E-state index in [2.05, 4.69) is 22.0 Å². The molecule has 5 rings (SSSR count). The van der Waals surface area contributed by atoms with E-state index in [1.807, 2.05) is 12.1 Å². The first-order valence-corrected chi connectivity index (χ1v) is 11.3. The molecule has 1 aromatic rings. The van der Waals surface area contributed by atoms with Crippen LogP contribution in [-0.4, -0.2) is 47.8 Å². The van der Waals surface area contributed by atoms with Crippen LogP contribution in [0.1, 0.15) is 60.0 Å². The molecule has 7 nitrogen and oxygen atoms in total. The van der Waals surface area contributed by atoms with Crippen molar-refractivity contribution in [2.45, 2.75) is 63.7 Å². The molecule has 7 heteroatoms. The summed E-state index contributed by atoms with van der Waals surface area (Å²) < 4.78 is 0. The summed E-state index contributed by atoms with van der Waals surface area (Å²) in [5.74, 6) is 0.834. The van der Waals surface area contributed by atoms with Crippen molar-refractivity contribution in [3.05, 3.63) is 34.9 Å². The maximum Gasteiger partial charge on any atom is 0.255 e. The van der Waals surface area contributed by atoms with Crippen molar-refractivity contribution in [2.75, 3.05) is 13.1 Å². The lowest BCUT2D eigenvalue weighted by Crippen LogP contribution is -2.52. The summed E-state index contributed by atoms with van der Waals surface area (Å²) in [5.41, 5.74) is 2.83. The average molecular weight is 411 g/mol. The second kappa shape index (κ2) is 8.12.